The first-order valence-corrected chi connectivity index (χ1v) is 6.00. The molecule has 0 fully saturated rings. The number of ether oxygens (including phenoxy) is 1. The van der Waals surface area contributed by atoms with E-state index >= 15 is 0 Å². The Bertz CT molecular complexity index is 502. The Morgan fingerprint density at radius 1 is 1.45 bits per heavy atom. The van der Waals surface area contributed by atoms with Crippen LogP contribution in [-0.4, -0.2) is 31.7 Å². The van der Waals surface area contributed by atoms with E-state index in [1.165, 1.54) is 26.6 Å². The highest BCUT2D eigenvalue weighted by Gasteiger charge is 2.24. The van der Waals surface area contributed by atoms with Gasteiger partial charge in [-0.3, -0.25) is 4.79 Å². The van der Waals surface area contributed by atoms with Crippen LogP contribution in [0.25, 0.3) is 0 Å². The van der Waals surface area contributed by atoms with Crippen molar-refractivity contribution < 1.29 is 23.6 Å². The topological polar surface area (TPSA) is 78.1 Å². The van der Waals surface area contributed by atoms with Crippen LogP contribution < -0.4 is 0 Å². The number of nitrogens with zero attached hydrogens (tertiary/aromatic N) is 1. The van der Waals surface area contributed by atoms with Crippen LogP contribution in [0, 0.1) is 5.92 Å². The zero-order valence-electron chi connectivity index (χ0n) is 11.7. The molecule has 0 aliphatic heterocycles. The van der Waals surface area contributed by atoms with Gasteiger partial charge in [0.15, 0.2) is 5.76 Å². The lowest BCUT2D eigenvalue weighted by Gasteiger charge is -2.11. The van der Waals surface area contributed by atoms with Crippen molar-refractivity contribution in [2.45, 2.75) is 13.3 Å². The van der Waals surface area contributed by atoms with Crippen LogP contribution >= 0.6 is 0 Å². The van der Waals surface area contributed by atoms with Gasteiger partial charge in [0.1, 0.15) is 7.11 Å². The van der Waals surface area contributed by atoms with Crippen LogP contribution in [0.5, 0.6) is 0 Å². The Hall–Kier alpha value is -2.37. The molecule has 1 heterocycles. The maximum atomic E-state index is 12.3. The number of Topliss-reactive ketones (excluding diaryl/α,β-unsaturated/α-hetero) is 1. The number of oxime groups is 1. The summed E-state index contributed by atoms with van der Waals surface area (Å²) in [6.45, 7) is 1.68. The SMILES string of the molecule is CO/N=C(\C)C(C/C=C/C(=O)OC)C(=O)c1ccco1. The Kier molecular flexibility index (Phi) is 6.22. The molecule has 20 heavy (non-hydrogen) atoms. The van der Waals surface area contributed by atoms with E-state index in [1.54, 1.807) is 25.1 Å². The third-order valence-electron chi connectivity index (χ3n) is 2.65. The number of allylic oxidation sites excluding steroid dienone is 1. The smallest absolute Gasteiger partial charge is 0.330 e. The second-order valence-electron chi connectivity index (χ2n) is 3.97. The Morgan fingerprint density at radius 3 is 2.75 bits per heavy atom. The van der Waals surface area contributed by atoms with Crippen molar-refractivity contribution in [1.82, 2.24) is 0 Å². The monoisotopic (exact) mass is 279 g/mol. The molecule has 6 nitrogen and oxygen atoms in total. The standard InChI is InChI=1S/C14H17NO5/c1-10(15-19-3)11(6-4-8-13(16)18-2)14(17)12-7-5-9-20-12/h4-5,7-9,11H,6H2,1-3H3/b8-4+,15-10+. The van der Waals surface area contributed by atoms with Gasteiger partial charge in [-0.1, -0.05) is 11.2 Å². The van der Waals surface area contributed by atoms with Gasteiger partial charge in [-0.2, -0.15) is 0 Å². The maximum absolute atomic E-state index is 12.3. The molecule has 1 unspecified atom stereocenters. The minimum absolute atomic E-state index is 0.220. The van der Waals surface area contributed by atoms with E-state index in [9.17, 15) is 9.59 Å². The van der Waals surface area contributed by atoms with Gasteiger partial charge in [-0.25, -0.2) is 4.79 Å². The van der Waals surface area contributed by atoms with Crippen molar-refractivity contribution in [3.05, 3.63) is 36.3 Å². The van der Waals surface area contributed by atoms with Crippen LogP contribution in [0.15, 0.2) is 40.1 Å². The maximum Gasteiger partial charge on any atom is 0.330 e. The van der Waals surface area contributed by atoms with Crippen molar-refractivity contribution in [1.29, 1.82) is 0 Å². The number of hydrogen-bond donors (Lipinski definition) is 0. The molecule has 0 bridgehead atoms. The van der Waals surface area contributed by atoms with E-state index in [-0.39, 0.29) is 11.5 Å². The lowest BCUT2D eigenvalue weighted by atomic mass is 9.93. The molecule has 108 valence electrons. The molecular weight excluding hydrogens is 262 g/mol. The van der Waals surface area contributed by atoms with Gasteiger partial charge >= 0.3 is 5.97 Å². The van der Waals surface area contributed by atoms with E-state index in [4.69, 9.17) is 9.25 Å². The van der Waals surface area contributed by atoms with Gasteiger partial charge in [0.25, 0.3) is 0 Å². The second kappa shape index (κ2) is 7.93. The first-order valence-electron chi connectivity index (χ1n) is 6.00. The normalized spacial score (nSPS) is 13.2. The van der Waals surface area contributed by atoms with E-state index in [2.05, 4.69) is 9.89 Å². The van der Waals surface area contributed by atoms with Crippen molar-refractivity contribution in [3.63, 3.8) is 0 Å². The van der Waals surface area contributed by atoms with E-state index < -0.39 is 11.9 Å². The van der Waals surface area contributed by atoms with Gasteiger partial charge in [-0.15, -0.1) is 0 Å². The summed E-state index contributed by atoms with van der Waals surface area (Å²) in [5, 5.41) is 3.78. The van der Waals surface area contributed by atoms with Crippen molar-refractivity contribution in [2.24, 2.45) is 11.1 Å². The summed E-state index contributed by atoms with van der Waals surface area (Å²) < 4.78 is 9.58. The molecule has 0 aliphatic carbocycles. The number of esters is 1. The molecule has 0 radical (unpaired) electrons. The molecule has 0 amide bonds. The average Bonchev–Trinajstić information content (AvgIpc) is 2.96. The van der Waals surface area contributed by atoms with Gasteiger partial charge in [-0.05, 0) is 25.5 Å². The summed E-state index contributed by atoms with van der Waals surface area (Å²) in [6.07, 6.45) is 4.55. The largest absolute Gasteiger partial charge is 0.466 e. The van der Waals surface area contributed by atoms with E-state index in [1.807, 2.05) is 0 Å². The number of rotatable bonds is 7. The average molecular weight is 279 g/mol. The Morgan fingerprint density at radius 2 is 2.20 bits per heavy atom. The molecule has 0 saturated heterocycles. The summed E-state index contributed by atoms with van der Waals surface area (Å²) in [4.78, 5) is 28.0. The van der Waals surface area contributed by atoms with Crippen molar-refractivity contribution in [2.75, 3.05) is 14.2 Å². The fraction of sp³-hybridized carbons (Fsp3) is 0.357. The lowest BCUT2D eigenvalue weighted by molar-refractivity contribution is -0.134. The molecule has 0 N–H and O–H groups in total. The summed E-state index contributed by atoms with van der Waals surface area (Å²) in [7, 11) is 2.69. The molecule has 1 rings (SSSR count). The molecule has 6 heteroatoms. The zero-order chi connectivity index (χ0) is 15.0. The van der Waals surface area contributed by atoms with Crippen LogP contribution in [0.2, 0.25) is 0 Å². The first kappa shape index (κ1) is 15.7. The summed E-state index contributed by atoms with van der Waals surface area (Å²) in [6, 6.07) is 3.22. The van der Waals surface area contributed by atoms with Gasteiger partial charge < -0.3 is 14.0 Å². The predicted octanol–water partition coefficient (Wildman–Crippen LogP) is 2.22. The number of methoxy groups -OCH3 is 1. The number of carbonyl (C=O) groups is 2. The summed E-state index contributed by atoms with van der Waals surface area (Å²) in [5.74, 6) is -1.01. The zero-order valence-corrected chi connectivity index (χ0v) is 11.7. The number of carbonyl (C=O) groups excluding carboxylic acids is 2. The number of hydrogen-bond acceptors (Lipinski definition) is 6. The fourth-order valence-electron chi connectivity index (χ4n) is 1.63. The third kappa shape index (κ3) is 4.38. The molecule has 1 aromatic rings. The first-order chi connectivity index (χ1) is 9.60. The highest BCUT2D eigenvalue weighted by molar-refractivity contribution is 6.10. The molecule has 0 aromatic carbocycles. The fourth-order valence-corrected chi connectivity index (χ4v) is 1.63. The molecule has 0 aliphatic rings. The van der Waals surface area contributed by atoms with Gasteiger partial charge in [0.05, 0.1) is 25.0 Å². The Labute approximate surface area is 117 Å². The van der Waals surface area contributed by atoms with Crippen LogP contribution in [0.4, 0.5) is 0 Å². The van der Waals surface area contributed by atoms with E-state index in [0.717, 1.165) is 0 Å². The highest BCUT2D eigenvalue weighted by Crippen LogP contribution is 2.16. The summed E-state index contributed by atoms with van der Waals surface area (Å²) >= 11 is 0. The summed E-state index contributed by atoms with van der Waals surface area (Å²) in [5.41, 5.74) is 0.503. The molecule has 1 atom stereocenters. The van der Waals surface area contributed by atoms with Crippen molar-refractivity contribution >= 4 is 17.5 Å². The van der Waals surface area contributed by atoms with Crippen LogP contribution in [-0.2, 0) is 14.4 Å². The number of ketones is 1. The molecular formula is C14H17NO5. The van der Waals surface area contributed by atoms with Crippen LogP contribution in [0.3, 0.4) is 0 Å². The predicted molar refractivity (Wildman–Crippen MR) is 72.4 cm³/mol. The lowest BCUT2D eigenvalue weighted by Crippen LogP contribution is -2.22. The second-order valence-corrected chi connectivity index (χ2v) is 3.97. The minimum atomic E-state index is -0.554. The Balaban J connectivity index is 2.86. The van der Waals surface area contributed by atoms with Crippen LogP contribution in [0.1, 0.15) is 23.9 Å². The quantitative estimate of drug-likeness (QED) is 0.251. The molecule has 1 aromatic heterocycles. The number of furan rings is 1. The van der Waals surface area contributed by atoms with Gasteiger partial charge in [0, 0.05) is 6.08 Å². The minimum Gasteiger partial charge on any atom is -0.466 e. The third-order valence-corrected chi connectivity index (χ3v) is 2.65. The van der Waals surface area contributed by atoms with Gasteiger partial charge in [0.2, 0.25) is 5.78 Å². The van der Waals surface area contributed by atoms with Crippen molar-refractivity contribution in [3.8, 4) is 0 Å². The highest BCUT2D eigenvalue weighted by atomic mass is 16.6. The molecule has 0 saturated carbocycles. The molecule has 0 spiro atoms. The van der Waals surface area contributed by atoms with E-state index in [0.29, 0.717) is 12.1 Å².